The van der Waals surface area contributed by atoms with Crippen LogP contribution in [0.3, 0.4) is 0 Å². The number of fused-ring (bicyclic) bond motifs is 1. The van der Waals surface area contributed by atoms with Crippen LogP contribution in [0, 0.1) is 0 Å². The van der Waals surface area contributed by atoms with Crippen LogP contribution in [0.5, 0.6) is 0 Å². The Balaban J connectivity index is 1.52. The number of nitrogens with one attached hydrogen (secondary N) is 1. The maximum absolute atomic E-state index is 11.7. The maximum Gasteiger partial charge on any atom is 0.251 e. The fraction of sp³-hybridized carbons (Fsp3) is 0.409. The summed E-state index contributed by atoms with van der Waals surface area (Å²) < 4.78 is 0. The Hall–Kier alpha value is -2.13. The molecule has 130 valence electrons. The van der Waals surface area contributed by atoms with Crippen molar-refractivity contribution in [2.45, 2.75) is 38.1 Å². The van der Waals surface area contributed by atoms with Crippen LogP contribution >= 0.6 is 0 Å². The van der Waals surface area contributed by atoms with E-state index >= 15 is 0 Å². The predicted molar refractivity (Wildman–Crippen MR) is 102 cm³/mol. The lowest BCUT2D eigenvalue weighted by Gasteiger charge is -2.32. The average Bonchev–Trinajstić information content (AvgIpc) is 3.21. The summed E-state index contributed by atoms with van der Waals surface area (Å²) in [5.74, 6) is -0.0371. The minimum atomic E-state index is -0.0371. The third-order valence-corrected chi connectivity index (χ3v) is 5.77. The van der Waals surface area contributed by atoms with Gasteiger partial charge in [-0.2, -0.15) is 0 Å². The summed E-state index contributed by atoms with van der Waals surface area (Å²) in [4.78, 5) is 14.4. The first-order chi connectivity index (χ1) is 12.2. The molecule has 1 atom stereocenters. The van der Waals surface area contributed by atoms with Gasteiger partial charge in [-0.15, -0.1) is 0 Å². The first-order valence-electron chi connectivity index (χ1n) is 9.43. The van der Waals surface area contributed by atoms with Crippen LogP contribution in [0.15, 0.2) is 42.5 Å². The molecule has 4 rings (SSSR count). The molecule has 3 nitrogen and oxygen atoms in total. The van der Waals surface area contributed by atoms with Crippen molar-refractivity contribution >= 4 is 5.91 Å². The Kier molecular flexibility index (Phi) is 4.58. The van der Waals surface area contributed by atoms with E-state index < -0.39 is 0 Å². The summed E-state index contributed by atoms with van der Waals surface area (Å²) in [6, 6.07) is 15.5. The van der Waals surface area contributed by atoms with Gasteiger partial charge in [0.1, 0.15) is 0 Å². The van der Waals surface area contributed by atoms with Crippen molar-refractivity contribution in [3.8, 4) is 11.1 Å². The lowest BCUT2D eigenvalue weighted by Crippen LogP contribution is -2.37. The van der Waals surface area contributed by atoms with Crippen LogP contribution in [0.4, 0.5) is 0 Å². The van der Waals surface area contributed by atoms with Gasteiger partial charge in [-0.1, -0.05) is 30.3 Å². The van der Waals surface area contributed by atoms with Gasteiger partial charge in [-0.25, -0.2) is 0 Å². The van der Waals surface area contributed by atoms with Gasteiger partial charge in [0.15, 0.2) is 0 Å². The molecule has 1 fully saturated rings. The number of benzene rings is 2. The third kappa shape index (κ3) is 3.34. The molecule has 0 radical (unpaired) electrons. The minimum absolute atomic E-state index is 0.0371. The number of hydrogen-bond acceptors (Lipinski definition) is 2. The summed E-state index contributed by atoms with van der Waals surface area (Å²) in [5, 5.41) is 2.67. The quantitative estimate of drug-likeness (QED) is 0.929. The maximum atomic E-state index is 11.7. The second-order valence-corrected chi connectivity index (χ2v) is 7.28. The second-order valence-electron chi connectivity index (χ2n) is 7.28. The standard InChI is InChI=1S/C22H26N2O/c1-23-22(25)17-6-4-16(5-7-17)18-8-9-20-15-21(11-10-19(20)14-18)24-12-2-3-13-24/h4-9,14,21H,2-3,10-13,15H2,1H3,(H,23,25). The minimum Gasteiger partial charge on any atom is -0.355 e. The molecular weight excluding hydrogens is 308 g/mol. The Morgan fingerprint density at radius 1 is 1.00 bits per heavy atom. The van der Waals surface area contributed by atoms with Gasteiger partial charge < -0.3 is 10.2 Å². The number of likely N-dealkylation sites (tertiary alicyclic amines) is 1. The molecule has 1 saturated heterocycles. The van der Waals surface area contributed by atoms with Crippen molar-refractivity contribution in [1.82, 2.24) is 10.2 Å². The number of rotatable bonds is 3. The molecule has 1 aliphatic carbocycles. The number of hydrogen-bond donors (Lipinski definition) is 1. The highest BCUT2D eigenvalue weighted by Crippen LogP contribution is 2.30. The molecule has 2 aromatic carbocycles. The average molecular weight is 334 g/mol. The van der Waals surface area contributed by atoms with Crippen molar-refractivity contribution in [3.63, 3.8) is 0 Å². The Labute approximate surface area is 150 Å². The van der Waals surface area contributed by atoms with Gasteiger partial charge in [0.05, 0.1) is 0 Å². The number of carbonyl (C=O) groups is 1. The zero-order valence-electron chi connectivity index (χ0n) is 14.9. The van der Waals surface area contributed by atoms with Crippen LogP contribution in [0.25, 0.3) is 11.1 Å². The normalized spacial score (nSPS) is 20.3. The van der Waals surface area contributed by atoms with Crippen molar-refractivity contribution in [3.05, 3.63) is 59.2 Å². The zero-order valence-corrected chi connectivity index (χ0v) is 14.9. The van der Waals surface area contributed by atoms with Crippen LogP contribution in [0.1, 0.15) is 40.7 Å². The SMILES string of the molecule is CNC(=O)c1ccc(-c2ccc3c(c2)CCC(N2CCCC2)C3)cc1. The van der Waals surface area contributed by atoms with E-state index in [1.54, 1.807) is 7.05 Å². The molecular formula is C22H26N2O. The van der Waals surface area contributed by atoms with E-state index in [1.807, 2.05) is 24.3 Å². The molecule has 0 aromatic heterocycles. The van der Waals surface area contributed by atoms with Gasteiger partial charge >= 0.3 is 0 Å². The molecule has 1 heterocycles. The fourth-order valence-corrected chi connectivity index (χ4v) is 4.29. The van der Waals surface area contributed by atoms with E-state index in [-0.39, 0.29) is 5.91 Å². The van der Waals surface area contributed by atoms with Gasteiger partial charge in [0.2, 0.25) is 0 Å². The lowest BCUT2D eigenvalue weighted by molar-refractivity contribution is 0.0963. The van der Waals surface area contributed by atoms with Crippen LogP contribution in [-0.4, -0.2) is 37.0 Å². The Morgan fingerprint density at radius 2 is 1.72 bits per heavy atom. The van der Waals surface area contributed by atoms with Crippen LogP contribution in [0.2, 0.25) is 0 Å². The number of aryl methyl sites for hydroxylation is 1. The highest BCUT2D eigenvalue weighted by molar-refractivity contribution is 5.94. The van der Waals surface area contributed by atoms with Gasteiger partial charge in [-0.05, 0) is 79.6 Å². The van der Waals surface area contributed by atoms with E-state index in [9.17, 15) is 4.79 Å². The molecule has 1 amide bonds. The summed E-state index contributed by atoms with van der Waals surface area (Å²) in [5.41, 5.74) is 6.16. The number of carbonyl (C=O) groups excluding carboxylic acids is 1. The summed E-state index contributed by atoms with van der Waals surface area (Å²) in [6.45, 7) is 2.57. The van der Waals surface area contributed by atoms with E-state index in [0.717, 1.165) is 6.04 Å². The third-order valence-electron chi connectivity index (χ3n) is 5.77. The van der Waals surface area contributed by atoms with Crippen molar-refractivity contribution in [2.24, 2.45) is 0 Å². The molecule has 3 heteroatoms. The second kappa shape index (κ2) is 7.01. The molecule has 2 aromatic rings. The predicted octanol–water partition coefficient (Wildman–Crippen LogP) is 3.67. The summed E-state index contributed by atoms with van der Waals surface area (Å²) in [7, 11) is 1.66. The van der Waals surface area contributed by atoms with Crippen molar-refractivity contribution in [2.75, 3.05) is 20.1 Å². The van der Waals surface area contributed by atoms with E-state index in [0.29, 0.717) is 5.56 Å². The van der Waals surface area contributed by atoms with E-state index in [1.165, 1.54) is 67.4 Å². The molecule has 0 spiro atoms. The molecule has 1 unspecified atom stereocenters. The van der Waals surface area contributed by atoms with Crippen LogP contribution in [-0.2, 0) is 12.8 Å². The van der Waals surface area contributed by atoms with Crippen molar-refractivity contribution in [1.29, 1.82) is 0 Å². The molecule has 25 heavy (non-hydrogen) atoms. The van der Waals surface area contributed by atoms with E-state index in [4.69, 9.17) is 0 Å². The Morgan fingerprint density at radius 3 is 2.44 bits per heavy atom. The Bertz CT molecular complexity index is 760. The van der Waals surface area contributed by atoms with Crippen molar-refractivity contribution < 1.29 is 4.79 Å². The first-order valence-corrected chi connectivity index (χ1v) is 9.43. The van der Waals surface area contributed by atoms with Crippen LogP contribution < -0.4 is 5.32 Å². The molecule has 0 bridgehead atoms. The molecule has 1 N–H and O–H groups in total. The molecule has 0 saturated carbocycles. The first kappa shape index (κ1) is 16.3. The largest absolute Gasteiger partial charge is 0.355 e. The summed E-state index contributed by atoms with van der Waals surface area (Å²) in [6.07, 6.45) is 6.40. The summed E-state index contributed by atoms with van der Waals surface area (Å²) >= 11 is 0. The van der Waals surface area contributed by atoms with Gasteiger partial charge in [-0.3, -0.25) is 4.79 Å². The smallest absolute Gasteiger partial charge is 0.251 e. The monoisotopic (exact) mass is 334 g/mol. The zero-order chi connectivity index (χ0) is 17.2. The fourth-order valence-electron chi connectivity index (χ4n) is 4.29. The van der Waals surface area contributed by atoms with Gasteiger partial charge in [0.25, 0.3) is 5.91 Å². The highest BCUT2D eigenvalue weighted by Gasteiger charge is 2.26. The number of amides is 1. The highest BCUT2D eigenvalue weighted by atomic mass is 16.1. The van der Waals surface area contributed by atoms with E-state index in [2.05, 4.69) is 28.4 Å². The lowest BCUT2D eigenvalue weighted by atomic mass is 9.85. The number of nitrogens with zero attached hydrogens (tertiary/aromatic N) is 1. The topological polar surface area (TPSA) is 32.3 Å². The molecule has 1 aliphatic heterocycles. The van der Waals surface area contributed by atoms with Gasteiger partial charge in [0, 0.05) is 18.7 Å². The molecule has 2 aliphatic rings.